The van der Waals surface area contributed by atoms with Crippen LogP contribution in [0.25, 0.3) is 0 Å². The SMILES string of the molecule is CN(C)CCCNc1nccc(Nc2ccc(N3CCN(C)CC3)cc2)n1. The van der Waals surface area contributed by atoms with E-state index in [9.17, 15) is 0 Å². The van der Waals surface area contributed by atoms with E-state index >= 15 is 0 Å². The molecule has 0 amide bonds. The van der Waals surface area contributed by atoms with Crippen LogP contribution in [0.1, 0.15) is 6.42 Å². The van der Waals surface area contributed by atoms with E-state index in [1.54, 1.807) is 6.20 Å². The van der Waals surface area contributed by atoms with E-state index < -0.39 is 0 Å². The fourth-order valence-electron chi connectivity index (χ4n) is 3.08. The molecule has 146 valence electrons. The molecule has 1 aromatic carbocycles. The van der Waals surface area contributed by atoms with Crippen LogP contribution in [0.5, 0.6) is 0 Å². The number of aromatic nitrogens is 2. The van der Waals surface area contributed by atoms with Gasteiger partial charge in [-0.15, -0.1) is 0 Å². The Hall–Kier alpha value is -2.38. The lowest BCUT2D eigenvalue weighted by Gasteiger charge is -2.34. The highest BCUT2D eigenvalue weighted by Crippen LogP contribution is 2.21. The molecule has 2 heterocycles. The molecule has 2 N–H and O–H groups in total. The Kier molecular flexibility index (Phi) is 6.84. The summed E-state index contributed by atoms with van der Waals surface area (Å²) < 4.78 is 0. The van der Waals surface area contributed by atoms with Crippen LogP contribution in [0.2, 0.25) is 0 Å². The van der Waals surface area contributed by atoms with E-state index in [0.29, 0.717) is 5.95 Å². The van der Waals surface area contributed by atoms with Crippen molar-refractivity contribution in [2.24, 2.45) is 0 Å². The van der Waals surface area contributed by atoms with Crippen molar-refractivity contribution < 1.29 is 0 Å². The Morgan fingerprint density at radius 1 is 1.04 bits per heavy atom. The molecule has 0 spiro atoms. The average molecular weight is 370 g/mol. The third-order valence-electron chi connectivity index (χ3n) is 4.73. The molecule has 0 unspecified atom stereocenters. The minimum absolute atomic E-state index is 0.660. The van der Waals surface area contributed by atoms with Gasteiger partial charge in [0.1, 0.15) is 5.82 Å². The minimum atomic E-state index is 0.660. The summed E-state index contributed by atoms with van der Waals surface area (Å²) in [5.41, 5.74) is 2.31. The normalized spacial score (nSPS) is 15.2. The van der Waals surface area contributed by atoms with E-state index in [2.05, 4.69) is 80.7 Å². The molecule has 7 heteroatoms. The Morgan fingerprint density at radius 2 is 1.78 bits per heavy atom. The first kappa shape index (κ1) is 19.4. The topological polar surface area (TPSA) is 59.6 Å². The molecule has 1 aliphatic heterocycles. The zero-order valence-corrected chi connectivity index (χ0v) is 16.6. The van der Waals surface area contributed by atoms with Crippen molar-refractivity contribution in [1.82, 2.24) is 19.8 Å². The largest absolute Gasteiger partial charge is 0.369 e. The van der Waals surface area contributed by atoms with Crippen LogP contribution in [-0.4, -0.2) is 80.2 Å². The summed E-state index contributed by atoms with van der Waals surface area (Å²) in [6.07, 6.45) is 2.84. The summed E-state index contributed by atoms with van der Waals surface area (Å²) in [7, 11) is 6.34. The monoisotopic (exact) mass is 369 g/mol. The Balaban J connectivity index is 1.53. The third kappa shape index (κ3) is 6.08. The van der Waals surface area contributed by atoms with E-state index in [1.165, 1.54) is 5.69 Å². The van der Waals surface area contributed by atoms with E-state index in [4.69, 9.17) is 0 Å². The highest BCUT2D eigenvalue weighted by Gasteiger charge is 2.13. The first-order chi connectivity index (χ1) is 13.1. The molecule has 0 atom stereocenters. The van der Waals surface area contributed by atoms with Crippen LogP contribution in [-0.2, 0) is 0 Å². The van der Waals surface area contributed by atoms with Gasteiger partial charge < -0.3 is 25.3 Å². The molecule has 1 aliphatic rings. The second-order valence-electron chi connectivity index (χ2n) is 7.31. The number of hydrogen-bond acceptors (Lipinski definition) is 7. The second-order valence-corrected chi connectivity index (χ2v) is 7.31. The fourth-order valence-corrected chi connectivity index (χ4v) is 3.08. The maximum atomic E-state index is 4.54. The summed E-state index contributed by atoms with van der Waals surface area (Å²) in [5.74, 6) is 1.46. The Labute approximate surface area is 162 Å². The molecular formula is C20H31N7. The van der Waals surface area contributed by atoms with Crippen molar-refractivity contribution in [3.05, 3.63) is 36.5 Å². The summed E-state index contributed by atoms with van der Waals surface area (Å²) in [4.78, 5) is 15.8. The average Bonchev–Trinajstić information content (AvgIpc) is 2.67. The van der Waals surface area contributed by atoms with E-state index in [-0.39, 0.29) is 0 Å². The summed E-state index contributed by atoms with van der Waals surface area (Å²) in [6, 6.07) is 10.5. The maximum Gasteiger partial charge on any atom is 0.224 e. The highest BCUT2D eigenvalue weighted by atomic mass is 15.2. The smallest absolute Gasteiger partial charge is 0.224 e. The van der Waals surface area contributed by atoms with Gasteiger partial charge in [0, 0.05) is 50.3 Å². The molecule has 7 nitrogen and oxygen atoms in total. The zero-order valence-electron chi connectivity index (χ0n) is 16.6. The fraction of sp³-hybridized carbons (Fsp3) is 0.500. The summed E-state index contributed by atoms with van der Waals surface area (Å²) >= 11 is 0. The molecule has 27 heavy (non-hydrogen) atoms. The molecule has 0 aliphatic carbocycles. The van der Waals surface area contributed by atoms with Gasteiger partial charge in [-0.05, 0) is 64.4 Å². The molecule has 0 radical (unpaired) electrons. The quantitative estimate of drug-likeness (QED) is 0.693. The van der Waals surface area contributed by atoms with Gasteiger partial charge in [-0.3, -0.25) is 0 Å². The summed E-state index contributed by atoms with van der Waals surface area (Å²) in [5, 5.41) is 6.65. The number of rotatable bonds is 8. The van der Waals surface area contributed by atoms with Crippen molar-refractivity contribution >= 4 is 23.1 Å². The second kappa shape index (κ2) is 9.53. The van der Waals surface area contributed by atoms with Gasteiger partial charge in [-0.1, -0.05) is 0 Å². The molecule has 0 bridgehead atoms. The Bertz CT molecular complexity index is 694. The van der Waals surface area contributed by atoms with Crippen molar-refractivity contribution in [1.29, 1.82) is 0 Å². The van der Waals surface area contributed by atoms with Crippen LogP contribution in [0.3, 0.4) is 0 Å². The van der Waals surface area contributed by atoms with Crippen LogP contribution in [0.4, 0.5) is 23.1 Å². The lowest BCUT2D eigenvalue weighted by atomic mass is 10.2. The van der Waals surface area contributed by atoms with Crippen molar-refractivity contribution in [2.45, 2.75) is 6.42 Å². The lowest BCUT2D eigenvalue weighted by molar-refractivity contribution is 0.313. The molecule has 1 saturated heterocycles. The zero-order chi connectivity index (χ0) is 19.1. The van der Waals surface area contributed by atoms with Gasteiger partial charge in [0.25, 0.3) is 0 Å². The molecule has 1 aromatic heterocycles. The number of anilines is 4. The number of nitrogens with zero attached hydrogens (tertiary/aromatic N) is 5. The lowest BCUT2D eigenvalue weighted by Crippen LogP contribution is -2.44. The van der Waals surface area contributed by atoms with Gasteiger partial charge in [-0.2, -0.15) is 4.98 Å². The number of hydrogen-bond donors (Lipinski definition) is 2. The van der Waals surface area contributed by atoms with Crippen molar-refractivity contribution in [3.8, 4) is 0 Å². The highest BCUT2D eigenvalue weighted by molar-refractivity contribution is 5.61. The van der Waals surface area contributed by atoms with Gasteiger partial charge in [-0.25, -0.2) is 4.98 Å². The van der Waals surface area contributed by atoms with Crippen LogP contribution in [0, 0.1) is 0 Å². The molecule has 0 saturated carbocycles. The van der Waals surface area contributed by atoms with Crippen molar-refractivity contribution in [2.75, 3.05) is 75.9 Å². The van der Waals surface area contributed by atoms with Gasteiger partial charge in [0.05, 0.1) is 0 Å². The molecule has 1 fully saturated rings. The first-order valence-corrected chi connectivity index (χ1v) is 9.62. The number of piperazine rings is 1. The van der Waals surface area contributed by atoms with Gasteiger partial charge >= 0.3 is 0 Å². The molecule has 3 rings (SSSR count). The van der Waals surface area contributed by atoms with Crippen molar-refractivity contribution in [3.63, 3.8) is 0 Å². The first-order valence-electron chi connectivity index (χ1n) is 9.62. The molecular weight excluding hydrogens is 338 g/mol. The molecule has 2 aromatic rings. The minimum Gasteiger partial charge on any atom is -0.369 e. The number of nitrogens with one attached hydrogen (secondary N) is 2. The van der Waals surface area contributed by atoms with Crippen LogP contribution >= 0.6 is 0 Å². The maximum absolute atomic E-state index is 4.54. The summed E-state index contributed by atoms with van der Waals surface area (Å²) in [6.45, 7) is 6.30. The van der Waals surface area contributed by atoms with Crippen LogP contribution < -0.4 is 15.5 Å². The van der Waals surface area contributed by atoms with Crippen LogP contribution in [0.15, 0.2) is 36.5 Å². The predicted octanol–water partition coefficient (Wildman–Crippen LogP) is 2.34. The Morgan fingerprint density at radius 3 is 2.48 bits per heavy atom. The number of benzene rings is 1. The van der Waals surface area contributed by atoms with Gasteiger partial charge in [0.2, 0.25) is 5.95 Å². The van der Waals surface area contributed by atoms with Gasteiger partial charge in [0.15, 0.2) is 0 Å². The standard InChI is InChI=1S/C20H31N7/c1-25(2)12-4-10-21-20-22-11-9-19(24-20)23-17-5-7-18(8-6-17)27-15-13-26(3)14-16-27/h5-9,11H,4,10,12-16H2,1-3H3,(H2,21,22,23,24). The van der Waals surface area contributed by atoms with E-state index in [0.717, 1.165) is 57.2 Å². The number of likely N-dealkylation sites (N-methyl/N-ethyl adjacent to an activating group) is 1. The predicted molar refractivity (Wildman–Crippen MR) is 113 cm³/mol. The third-order valence-corrected chi connectivity index (χ3v) is 4.73. The van der Waals surface area contributed by atoms with E-state index in [1.807, 2.05) is 6.07 Å².